The molecule has 0 fully saturated rings. The van der Waals surface area contributed by atoms with Crippen LogP contribution in [0, 0.1) is 5.82 Å². The Morgan fingerprint density at radius 2 is 2.00 bits per heavy atom. The molecule has 3 N–H and O–H groups in total. The molecule has 1 aliphatic rings. The summed E-state index contributed by atoms with van der Waals surface area (Å²) in [7, 11) is 1.39. The van der Waals surface area contributed by atoms with Gasteiger partial charge in [0.2, 0.25) is 5.88 Å². The van der Waals surface area contributed by atoms with Crippen molar-refractivity contribution in [1.29, 1.82) is 0 Å². The number of rotatable bonds is 6. The Kier molecular flexibility index (Phi) is 5.90. The SMILES string of the molecule is COc1cnc(C(=O)Nc2ccc(F)c([C@]3(CF)CC[C@](F)(CF)C(N)=N3)c2)cn1. The third kappa shape index (κ3) is 3.91. The summed E-state index contributed by atoms with van der Waals surface area (Å²) in [6.07, 6.45) is 1.67. The number of hydrogen-bond acceptors (Lipinski definition) is 6. The zero-order valence-electron chi connectivity index (χ0n) is 16.0. The second-order valence-corrected chi connectivity index (χ2v) is 6.85. The summed E-state index contributed by atoms with van der Waals surface area (Å²) in [5.41, 5.74) is 1.06. The normalized spacial score (nSPS) is 23.6. The minimum atomic E-state index is -2.51. The lowest BCUT2D eigenvalue weighted by molar-refractivity contribution is 0.102. The van der Waals surface area contributed by atoms with Gasteiger partial charge in [-0.05, 0) is 31.0 Å². The molecule has 7 nitrogen and oxygen atoms in total. The van der Waals surface area contributed by atoms with Crippen LogP contribution >= 0.6 is 0 Å². The van der Waals surface area contributed by atoms with Gasteiger partial charge in [-0.3, -0.25) is 9.79 Å². The zero-order valence-corrected chi connectivity index (χ0v) is 16.0. The first kappa shape index (κ1) is 21.5. The number of benzene rings is 1. The molecule has 0 saturated heterocycles. The molecule has 3 rings (SSSR count). The first-order chi connectivity index (χ1) is 14.3. The molecule has 1 aromatic carbocycles. The highest BCUT2D eigenvalue weighted by molar-refractivity contribution is 6.02. The van der Waals surface area contributed by atoms with E-state index in [1.807, 2.05) is 0 Å². The van der Waals surface area contributed by atoms with Crippen molar-refractivity contribution in [2.75, 3.05) is 25.8 Å². The van der Waals surface area contributed by atoms with Crippen LogP contribution in [0.1, 0.15) is 28.9 Å². The maximum atomic E-state index is 14.5. The van der Waals surface area contributed by atoms with Crippen LogP contribution in [0.25, 0.3) is 0 Å². The Morgan fingerprint density at radius 3 is 2.57 bits per heavy atom. The number of carbonyl (C=O) groups excluding carboxylic acids is 1. The van der Waals surface area contributed by atoms with E-state index >= 15 is 0 Å². The summed E-state index contributed by atoms with van der Waals surface area (Å²) in [4.78, 5) is 23.9. The number of aromatic nitrogens is 2. The zero-order chi connectivity index (χ0) is 21.9. The highest BCUT2D eigenvalue weighted by Crippen LogP contribution is 2.41. The predicted octanol–water partition coefficient (Wildman–Crippen LogP) is 2.87. The maximum absolute atomic E-state index is 14.5. The molecule has 0 bridgehead atoms. The van der Waals surface area contributed by atoms with E-state index in [-0.39, 0.29) is 29.2 Å². The Morgan fingerprint density at radius 1 is 1.23 bits per heavy atom. The number of nitrogens with two attached hydrogens (primary N) is 1. The molecule has 0 radical (unpaired) electrons. The van der Waals surface area contributed by atoms with Crippen molar-refractivity contribution in [1.82, 2.24) is 9.97 Å². The first-order valence-electron chi connectivity index (χ1n) is 8.91. The van der Waals surface area contributed by atoms with Crippen molar-refractivity contribution < 1.29 is 27.1 Å². The molecule has 2 aromatic rings. The fourth-order valence-corrected chi connectivity index (χ4v) is 3.11. The van der Waals surface area contributed by atoms with E-state index in [0.717, 1.165) is 6.07 Å². The number of hydrogen-bond donors (Lipinski definition) is 2. The fourth-order valence-electron chi connectivity index (χ4n) is 3.11. The third-order valence-electron chi connectivity index (χ3n) is 4.96. The standard InChI is InChI=1S/C19H19F4N5O2/c1-30-15-8-25-14(7-26-15)16(29)27-11-2-3-13(22)12(6-11)19(10-21)5-4-18(23,9-20)17(24)28-19/h2-3,6-8H,4-5,9-10H2,1H3,(H2,24,28)(H,27,29)/t18-,19+/m0/s1. The van der Waals surface area contributed by atoms with Crippen LogP contribution < -0.4 is 15.8 Å². The lowest BCUT2D eigenvalue weighted by Crippen LogP contribution is -2.49. The van der Waals surface area contributed by atoms with Gasteiger partial charge in [0.25, 0.3) is 5.91 Å². The highest BCUT2D eigenvalue weighted by Gasteiger charge is 2.47. The van der Waals surface area contributed by atoms with Crippen LogP contribution in [0.5, 0.6) is 5.88 Å². The quantitative estimate of drug-likeness (QED) is 0.693. The van der Waals surface area contributed by atoms with Gasteiger partial charge in [0, 0.05) is 11.3 Å². The third-order valence-corrected chi connectivity index (χ3v) is 4.96. The van der Waals surface area contributed by atoms with Gasteiger partial charge in [0.15, 0.2) is 5.67 Å². The van der Waals surface area contributed by atoms with Gasteiger partial charge >= 0.3 is 0 Å². The Labute approximate surface area is 169 Å². The number of amides is 1. The number of carbonyl (C=O) groups is 1. The van der Waals surface area contributed by atoms with Gasteiger partial charge in [0.1, 0.15) is 36.2 Å². The Hall–Kier alpha value is -3.24. The largest absolute Gasteiger partial charge is 0.480 e. The molecule has 2 atom stereocenters. The molecule has 160 valence electrons. The minimum Gasteiger partial charge on any atom is -0.480 e. The molecular weight excluding hydrogens is 406 g/mol. The van der Waals surface area contributed by atoms with Crippen molar-refractivity contribution in [2.45, 2.75) is 24.0 Å². The first-order valence-corrected chi connectivity index (χ1v) is 8.91. The molecule has 30 heavy (non-hydrogen) atoms. The number of ether oxygens (including phenoxy) is 1. The summed E-state index contributed by atoms with van der Waals surface area (Å²) in [5.74, 6) is -1.98. The Balaban J connectivity index is 1.92. The molecule has 1 aliphatic heterocycles. The van der Waals surface area contributed by atoms with E-state index in [0.29, 0.717) is 0 Å². The average molecular weight is 425 g/mol. The van der Waals surface area contributed by atoms with Crippen molar-refractivity contribution in [3.05, 3.63) is 47.7 Å². The van der Waals surface area contributed by atoms with Crippen molar-refractivity contribution in [3.8, 4) is 5.88 Å². The van der Waals surface area contributed by atoms with E-state index in [9.17, 15) is 22.4 Å². The molecule has 0 spiro atoms. The summed E-state index contributed by atoms with van der Waals surface area (Å²) in [6, 6.07) is 3.46. The molecule has 0 saturated carbocycles. The van der Waals surface area contributed by atoms with Crippen molar-refractivity contribution >= 4 is 17.4 Å². The number of aliphatic imine (C=N–C) groups is 1. The number of methoxy groups -OCH3 is 1. The van der Waals surface area contributed by atoms with E-state index in [1.54, 1.807) is 0 Å². The number of nitrogens with one attached hydrogen (secondary N) is 1. The number of nitrogens with zero attached hydrogens (tertiary/aromatic N) is 3. The number of halogens is 4. The minimum absolute atomic E-state index is 0.0352. The van der Waals surface area contributed by atoms with Gasteiger partial charge in [-0.2, -0.15) is 0 Å². The lowest BCUT2D eigenvalue weighted by Gasteiger charge is -2.37. The van der Waals surface area contributed by atoms with Crippen LogP contribution in [0.15, 0.2) is 35.6 Å². The number of alkyl halides is 3. The molecule has 1 aromatic heterocycles. The van der Waals surface area contributed by atoms with Gasteiger partial charge in [-0.1, -0.05) is 0 Å². The topological polar surface area (TPSA) is 102 Å². The summed E-state index contributed by atoms with van der Waals surface area (Å²) in [6.45, 7) is -2.60. The monoisotopic (exact) mass is 425 g/mol. The van der Waals surface area contributed by atoms with Crippen molar-refractivity contribution in [3.63, 3.8) is 0 Å². The van der Waals surface area contributed by atoms with Crippen LogP contribution in [0.2, 0.25) is 0 Å². The summed E-state index contributed by atoms with van der Waals surface area (Å²) < 4.78 is 60.8. The van der Waals surface area contributed by atoms with Crippen LogP contribution in [-0.2, 0) is 5.54 Å². The van der Waals surface area contributed by atoms with Crippen molar-refractivity contribution in [2.24, 2.45) is 10.7 Å². The smallest absolute Gasteiger partial charge is 0.275 e. The fraction of sp³-hybridized carbons (Fsp3) is 0.368. The van der Waals surface area contributed by atoms with Gasteiger partial charge in [-0.25, -0.2) is 27.5 Å². The number of anilines is 1. The lowest BCUT2D eigenvalue weighted by atomic mass is 9.80. The highest BCUT2D eigenvalue weighted by atomic mass is 19.2. The molecule has 2 heterocycles. The molecule has 1 amide bonds. The van der Waals surface area contributed by atoms with Gasteiger partial charge in [0.05, 0.1) is 19.5 Å². The van der Waals surface area contributed by atoms with Crippen LogP contribution in [0.4, 0.5) is 23.2 Å². The molecule has 11 heteroatoms. The average Bonchev–Trinajstić information content (AvgIpc) is 2.77. The van der Waals surface area contributed by atoms with Crippen LogP contribution in [-0.4, -0.2) is 47.8 Å². The van der Waals surface area contributed by atoms with Crippen LogP contribution in [0.3, 0.4) is 0 Å². The number of amidine groups is 1. The maximum Gasteiger partial charge on any atom is 0.275 e. The van der Waals surface area contributed by atoms with E-state index in [4.69, 9.17) is 10.5 Å². The van der Waals surface area contributed by atoms with E-state index in [1.165, 1.54) is 31.6 Å². The summed E-state index contributed by atoms with van der Waals surface area (Å²) in [5, 5.41) is 2.50. The van der Waals surface area contributed by atoms with Gasteiger partial charge in [-0.15, -0.1) is 0 Å². The predicted molar refractivity (Wildman–Crippen MR) is 101 cm³/mol. The van der Waals surface area contributed by atoms with Gasteiger partial charge < -0.3 is 15.8 Å². The molecule has 0 unspecified atom stereocenters. The second kappa shape index (κ2) is 8.25. The van der Waals surface area contributed by atoms with E-state index in [2.05, 4.69) is 20.3 Å². The summed E-state index contributed by atoms with van der Waals surface area (Å²) >= 11 is 0. The Bertz CT molecular complexity index is 972. The second-order valence-electron chi connectivity index (χ2n) is 6.85. The molecular formula is C19H19F4N5O2. The molecule has 0 aliphatic carbocycles. The van der Waals surface area contributed by atoms with E-state index < -0.39 is 48.5 Å².